The van der Waals surface area contributed by atoms with Crippen LogP contribution in [0.4, 0.5) is 0 Å². The van der Waals surface area contributed by atoms with Crippen molar-refractivity contribution in [2.24, 2.45) is 17.8 Å². The average molecular weight is 294 g/mol. The van der Waals surface area contributed by atoms with Gasteiger partial charge in [-0.2, -0.15) is 0 Å². The molecule has 0 aromatic heterocycles. The van der Waals surface area contributed by atoms with Gasteiger partial charge in [-0.1, -0.05) is 33.6 Å². The van der Waals surface area contributed by atoms with Gasteiger partial charge in [-0.15, -0.1) is 0 Å². The van der Waals surface area contributed by atoms with Crippen molar-refractivity contribution in [1.82, 2.24) is 10.2 Å². The molecule has 1 amide bonds. The van der Waals surface area contributed by atoms with Crippen LogP contribution >= 0.6 is 0 Å². The molecule has 0 spiro atoms. The number of hydrogen-bond donors (Lipinski definition) is 1. The fraction of sp³-hybridized carbons (Fsp3) is 0.944. The van der Waals surface area contributed by atoms with E-state index in [2.05, 4.69) is 31.0 Å². The Kier molecular flexibility index (Phi) is 6.53. The summed E-state index contributed by atoms with van der Waals surface area (Å²) in [6, 6.07) is 0.507. The number of nitrogens with zero attached hydrogens (tertiary/aromatic N) is 1. The Morgan fingerprint density at radius 3 is 2.48 bits per heavy atom. The van der Waals surface area contributed by atoms with Gasteiger partial charge >= 0.3 is 0 Å². The molecular weight excluding hydrogens is 260 g/mol. The van der Waals surface area contributed by atoms with Gasteiger partial charge in [0.2, 0.25) is 5.91 Å². The van der Waals surface area contributed by atoms with E-state index in [0.29, 0.717) is 17.9 Å². The van der Waals surface area contributed by atoms with Crippen molar-refractivity contribution in [2.45, 2.75) is 71.8 Å². The molecule has 1 aliphatic heterocycles. The zero-order valence-electron chi connectivity index (χ0n) is 14.2. The fourth-order valence-corrected chi connectivity index (χ4v) is 4.12. The van der Waals surface area contributed by atoms with E-state index in [1.807, 2.05) is 0 Å². The molecule has 2 unspecified atom stereocenters. The third-order valence-electron chi connectivity index (χ3n) is 5.48. The molecule has 1 N–H and O–H groups in total. The molecule has 21 heavy (non-hydrogen) atoms. The van der Waals surface area contributed by atoms with Crippen molar-refractivity contribution >= 4 is 5.91 Å². The second-order valence-corrected chi connectivity index (χ2v) is 7.35. The molecule has 0 aromatic rings. The van der Waals surface area contributed by atoms with Gasteiger partial charge in [-0.05, 0) is 50.5 Å². The number of amides is 1. The maximum atomic E-state index is 12.6. The van der Waals surface area contributed by atoms with E-state index in [-0.39, 0.29) is 5.92 Å². The van der Waals surface area contributed by atoms with E-state index >= 15 is 0 Å². The highest BCUT2D eigenvalue weighted by Crippen LogP contribution is 2.25. The summed E-state index contributed by atoms with van der Waals surface area (Å²) in [5.41, 5.74) is 0. The summed E-state index contributed by atoms with van der Waals surface area (Å²) in [5, 5.41) is 3.76. The van der Waals surface area contributed by atoms with Crippen molar-refractivity contribution in [1.29, 1.82) is 0 Å². The number of hydrogen-bond acceptors (Lipinski definition) is 2. The minimum Gasteiger partial charge on any atom is -0.341 e. The van der Waals surface area contributed by atoms with E-state index in [4.69, 9.17) is 0 Å². The predicted molar refractivity (Wildman–Crippen MR) is 88.2 cm³/mol. The Morgan fingerprint density at radius 1 is 1.19 bits per heavy atom. The lowest BCUT2D eigenvalue weighted by Crippen LogP contribution is -2.52. The van der Waals surface area contributed by atoms with Crippen molar-refractivity contribution < 1.29 is 4.79 Å². The molecule has 1 saturated carbocycles. The first-order valence-electron chi connectivity index (χ1n) is 9.16. The molecule has 2 rings (SSSR count). The largest absolute Gasteiger partial charge is 0.341 e. The third-order valence-corrected chi connectivity index (χ3v) is 5.48. The zero-order chi connectivity index (χ0) is 15.2. The van der Waals surface area contributed by atoms with Crippen LogP contribution in [0, 0.1) is 17.8 Å². The van der Waals surface area contributed by atoms with Crippen LogP contribution in [0.15, 0.2) is 0 Å². The van der Waals surface area contributed by atoms with Gasteiger partial charge in [0.25, 0.3) is 0 Å². The lowest BCUT2D eigenvalue weighted by atomic mass is 9.93. The fourth-order valence-electron chi connectivity index (χ4n) is 4.12. The lowest BCUT2D eigenvalue weighted by molar-refractivity contribution is -0.138. The van der Waals surface area contributed by atoms with Crippen LogP contribution in [0.2, 0.25) is 0 Å². The third kappa shape index (κ3) is 4.70. The standard InChI is InChI=1S/C18H34N2O/c1-4-16(5-2)18(21)20-12-14(3)10-17(13-20)19-11-15-8-6-7-9-15/h14-17,19H,4-13H2,1-3H3. The molecule has 0 aromatic carbocycles. The van der Waals surface area contributed by atoms with E-state index < -0.39 is 0 Å². The van der Waals surface area contributed by atoms with Crippen molar-refractivity contribution in [3.8, 4) is 0 Å². The van der Waals surface area contributed by atoms with Crippen LogP contribution in [-0.4, -0.2) is 36.5 Å². The number of likely N-dealkylation sites (tertiary alicyclic amines) is 1. The minimum atomic E-state index is 0.228. The summed E-state index contributed by atoms with van der Waals surface area (Å²) in [7, 11) is 0. The van der Waals surface area contributed by atoms with Gasteiger partial charge in [0.05, 0.1) is 0 Å². The van der Waals surface area contributed by atoms with Crippen molar-refractivity contribution in [3.63, 3.8) is 0 Å². The van der Waals surface area contributed by atoms with Gasteiger partial charge in [-0.25, -0.2) is 0 Å². The molecule has 2 atom stereocenters. The second-order valence-electron chi connectivity index (χ2n) is 7.35. The van der Waals surface area contributed by atoms with Crippen LogP contribution in [0.1, 0.15) is 65.7 Å². The lowest BCUT2D eigenvalue weighted by Gasteiger charge is -2.38. The first kappa shape index (κ1) is 16.8. The molecule has 0 bridgehead atoms. The van der Waals surface area contributed by atoms with Gasteiger partial charge < -0.3 is 10.2 Å². The summed E-state index contributed by atoms with van der Waals surface area (Å²) in [5.74, 6) is 2.12. The highest BCUT2D eigenvalue weighted by Gasteiger charge is 2.30. The van der Waals surface area contributed by atoms with E-state index in [1.165, 1.54) is 32.1 Å². The summed E-state index contributed by atoms with van der Waals surface area (Å²) in [4.78, 5) is 14.7. The van der Waals surface area contributed by atoms with Gasteiger partial charge in [0.1, 0.15) is 0 Å². The number of carbonyl (C=O) groups is 1. The van der Waals surface area contributed by atoms with Gasteiger partial charge in [0, 0.05) is 25.0 Å². The number of carbonyl (C=O) groups excluding carboxylic acids is 1. The number of nitrogens with one attached hydrogen (secondary N) is 1. The molecular formula is C18H34N2O. The van der Waals surface area contributed by atoms with Gasteiger partial charge in [-0.3, -0.25) is 4.79 Å². The van der Waals surface area contributed by atoms with Crippen LogP contribution in [0.5, 0.6) is 0 Å². The first-order valence-corrected chi connectivity index (χ1v) is 9.16. The zero-order valence-corrected chi connectivity index (χ0v) is 14.2. The van der Waals surface area contributed by atoms with Crippen LogP contribution < -0.4 is 5.32 Å². The first-order chi connectivity index (χ1) is 10.1. The predicted octanol–water partition coefficient (Wildman–Crippen LogP) is 3.44. The summed E-state index contributed by atoms with van der Waals surface area (Å²) >= 11 is 0. The highest BCUT2D eigenvalue weighted by molar-refractivity contribution is 5.78. The number of rotatable bonds is 6. The Bertz CT molecular complexity index is 321. The SMILES string of the molecule is CCC(CC)C(=O)N1CC(C)CC(NCC2CCCC2)C1. The molecule has 2 fully saturated rings. The van der Waals surface area contributed by atoms with Crippen LogP contribution in [-0.2, 0) is 4.79 Å². The Balaban J connectivity index is 1.84. The van der Waals surface area contributed by atoms with E-state index in [9.17, 15) is 4.79 Å². The minimum absolute atomic E-state index is 0.228. The molecule has 122 valence electrons. The van der Waals surface area contributed by atoms with Gasteiger partial charge in [0.15, 0.2) is 0 Å². The van der Waals surface area contributed by atoms with E-state index in [1.54, 1.807) is 0 Å². The maximum Gasteiger partial charge on any atom is 0.225 e. The van der Waals surface area contributed by atoms with Crippen LogP contribution in [0.3, 0.4) is 0 Å². The summed E-state index contributed by atoms with van der Waals surface area (Å²) < 4.78 is 0. The molecule has 1 heterocycles. The second kappa shape index (κ2) is 8.17. The monoisotopic (exact) mass is 294 g/mol. The highest BCUT2D eigenvalue weighted by atomic mass is 16.2. The smallest absolute Gasteiger partial charge is 0.225 e. The van der Waals surface area contributed by atoms with Crippen LogP contribution in [0.25, 0.3) is 0 Å². The Hall–Kier alpha value is -0.570. The Labute approximate surface area is 130 Å². The normalized spacial score (nSPS) is 27.5. The molecule has 3 heteroatoms. The topological polar surface area (TPSA) is 32.3 Å². The van der Waals surface area contributed by atoms with Crippen molar-refractivity contribution in [3.05, 3.63) is 0 Å². The maximum absolute atomic E-state index is 12.6. The quantitative estimate of drug-likeness (QED) is 0.814. The Morgan fingerprint density at radius 2 is 1.86 bits per heavy atom. The molecule has 1 aliphatic carbocycles. The van der Waals surface area contributed by atoms with Crippen molar-refractivity contribution in [2.75, 3.05) is 19.6 Å². The molecule has 0 radical (unpaired) electrons. The molecule has 1 saturated heterocycles. The summed E-state index contributed by atoms with van der Waals surface area (Å²) in [6.45, 7) is 9.59. The average Bonchev–Trinajstić information content (AvgIpc) is 2.99. The molecule has 2 aliphatic rings. The summed E-state index contributed by atoms with van der Waals surface area (Å²) in [6.07, 6.45) is 8.77. The molecule has 3 nitrogen and oxygen atoms in total. The number of piperidine rings is 1. The van der Waals surface area contributed by atoms with E-state index in [0.717, 1.165) is 38.4 Å².